The summed E-state index contributed by atoms with van der Waals surface area (Å²) in [6, 6.07) is 7.65. The Labute approximate surface area is 220 Å². The van der Waals surface area contributed by atoms with Crippen molar-refractivity contribution in [3.63, 3.8) is 0 Å². The highest BCUT2D eigenvalue weighted by Crippen LogP contribution is 2.60. The molecule has 0 spiro atoms. The molecular weight excluding hydrogens is 619 g/mol. The maximum Gasteiger partial charge on any atom is 0.273 e. The van der Waals surface area contributed by atoms with E-state index in [1.165, 1.54) is 29.5 Å². The number of alkyl halides is 2. The number of nitrogens with zero attached hydrogens (tertiary/aromatic N) is 2. The van der Waals surface area contributed by atoms with Gasteiger partial charge in [-0.25, -0.2) is 5.01 Å². The van der Waals surface area contributed by atoms with Crippen LogP contribution in [0.1, 0.15) is 26.5 Å². The Balaban J connectivity index is 1.52. The molecule has 172 valence electrons. The second kappa shape index (κ2) is 8.75. The number of rotatable bonds is 5. The number of hydrogen-bond donors (Lipinski definition) is 0. The van der Waals surface area contributed by atoms with Gasteiger partial charge in [-0.1, -0.05) is 61.1 Å². The first-order chi connectivity index (χ1) is 15.7. The van der Waals surface area contributed by atoms with E-state index in [2.05, 4.69) is 31.9 Å². The van der Waals surface area contributed by atoms with Gasteiger partial charge in [-0.2, -0.15) is 5.01 Å². The molecule has 3 amide bonds. The number of halogens is 4. The molecule has 0 unspecified atom stereocenters. The van der Waals surface area contributed by atoms with Crippen molar-refractivity contribution in [2.75, 3.05) is 6.54 Å². The van der Waals surface area contributed by atoms with Crippen LogP contribution in [0.5, 0.6) is 0 Å². The Kier molecular flexibility index (Phi) is 6.23. The largest absolute Gasteiger partial charge is 0.291 e. The third-order valence-corrected chi connectivity index (χ3v) is 11.6. The number of amides is 3. The maximum atomic E-state index is 13.5. The molecule has 11 heteroatoms. The number of carbonyl (C=O) groups is 4. The summed E-state index contributed by atoms with van der Waals surface area (Å²) in [5.74, 6) is -2.96. The van der Waals surface area contributed by atoms with Crippen molar-refractivity contribution in [2.45, 2.75) is 16.1 Å². The van der Waals surface area contributed by atoms with Crippen LogP contribution in [0.4, 0.5) is 0 Å². The Bertz CT molecular complexity index is 1150. The predicted octanol–water partition coefficient (Wildman–Crippen LogP) is 5.07. The summed E-state index contributed by atoms with van der Waals surface area (Å²) in [7, 11) is 0. The predicted molar refractivity (Wildman–Crippen MR) is 132 cm³/mol. The molecule has 6 atom stereocenters. The van der Waals surface area contributed by atoms with Gasteiger partial charge in [-0.05, 0) is 47.9 Å². The van der Waals surface area contributed by atoms with E-state index < -0.39 is 36.1 Å². The lowest BCUT2D eigenvalue weighted by Gasteiger charge is -2.30. The van der Waals surface area contributed by atoms with Gasteiger partial charge in [0.2, 0.25) is 0 Å². The van der Waals surface area contributed by atoms with Crippen LogP contribution in [0.3, 0.4) is 0 Å². The van der Waals surface area contributed by atoms with Crippen LogP contribution >= 0.6 is 66.4 Å². The average Bonchev–Trinajstić information content (AvgIpc) is 3.55. The minimum Gasteiger partial charge on any atom is -0.291 e. The zero-order valence-electron chi connectivity index (χ0n) is 16.8. The number of thiophene rings is 1. The Hall–Kier alpha value is -1.26. The highest BCUT2D eigenvalue weighted by molar-refractivity contribution is 9.12. The molecule has 1 aromatic heterocycles. The van der Waals surface area contributed by atoms with E-state index in [1.807, 2.05) is 0 Å². The van der Waals surface area contributed by atoms with Crippen molar-refractivity contribution in [3.05, 3.63) is 56.2 Å². The van der Waals surface area contributed by atoms with Crippen molar-refractivity contribution in [1.82, 2.24) is 10.0 Å². The second-order valence-electron chi connectivity index (χ2n) is 8.38. The van der Waals surface area contributed by atoms with Gasteiger partial charge in [0.1, 0.15) is 6.54 Å². The quantitative estimate of drug-likeness (QED) is 0.262. The van der Waals surface area contributed by atoms with E-state index >= 15 is 0 Å². The smallest absolute Gasteiger partial charge is 0.273 e. The number of ketones is 1. The van der Waals surface area contributed by atoms with Gasteiger partial charge in [0.25, 0.3) is 17.7 Å². The van der Waals surface area contributed by atoms with Crippen LogP contribution in [-0.4, -0.2) is 49.7 Å². The number of imide groups is 1. The summed E-state index contributed by atoms with van der Waals surface area (Å²) in [4.78, 5) is 54.1. The molecule has 3 aliphatic rings. The molecule has 6 nitrogen and oxygen atoms in total. The van der Waals surface area contributed by atoms with Gasteiger partial charge in [0.05, 0.1) is 26.8 Å². The van der Waals surface area contributed by atoms with Crippen molar-refractivity contribution < 1.29 is 19.2 Å². The van der Waals surface area contributed by atoms with Crippen molar-refractivity contribution >= 4 is 89.9 Å². The first-order valence-electron chi connectivity index (χ1n) is 10.2. The normalized spacial score (nSPS) is 30.1. The lowest BCUT2D eigenvalue weighted by Crippen LogP contribution is -2.52. The first kappa shape index (κ1) is 23.5. The van der Waals surface area contributed by atoms with Gasteiger partial charge in [0.15, 0.2) is 5.78 Å². The molecule has 2 heterocycles. The number of carbonyl (C=O) groups excluding carboxylic acids is 4. The molecular formula is C22H16Br2Cl2N2O4S. The highest BCUT2D eigenvalue weighted by atomic mass is 79.9. The van der Waals surface area contributed by atoms with E-state index in [-0.39, 0.29) is 42.9 Å². The summed E-state index contributed by atoms with van der Waals surface area (Å²) in [6.45, 7) is -0.443. The number of benzene rings is 1. The molecule has 1 saturated heterocycles. The van der Waals surface area contributed by atoms with Crippen LogP contribution < -0.4 is 0 Å². The summed E-state index contributed by atoms with van der Waals surface area (Å²) in [6.07, 6.45) is 0.765. The van der Waals surface area contributed by atoms with Crippen LogP contribution in [0.25, 0.3) is 0 Å². The third-order valence-electron chi connectivity index (χ3n) is 6.70. The standard InChI is InChI=1S/C22H16Br2Cl2N2O4S/c23-18-10-7-11(19(18)24)17-16(10)21(31)28(22(17)32)27(8-14(29)15-2-1-5-33-15)20(30)9-3-4-12(25)13(26)6-9/h1-6,10-11,16-19H,7-8H2/t10-,11-,16-,17+,18-,19+/m1/s1. The zero-order chi connectivity index (χ0) is 23.6. The topological polar surface area (TPSA) is 74.8 Å². The molecule has 3 fully saturated rings. The van der Waals surface area contributed by atoms with E-state index in [4.69, 9.17) is 23.2 Å². The minimum atomic E-state index is -0.668. The zero-order valence-corrected chi connectivity index (χ0v) is 22.3. The van der Waals surface area contributed by atoms with Crippen LogP contribution in [-0.2, 0) is 9.59 Å². The van der Waals surface area contributed by atoms with Crippen LogP contribution in [0, 0.1) is 23.7 Å². The van der Waals surface area contributed by atoms with Crippen molar-refractivity contribution in [2.24, 2.45) is 23.7 Å². The fraction of sp³-hybridized carbons (Fsp3) is 0.364. The maximum absolute atomic E-state index is 13.5. The molecule has 2 aliphatic carbocycles. The van der Waals surface area contributed by atoms with E-state index in [0.29, 0.717) is 4.88 Å². The average molecular weight is 635 g/mol. The van der Waals surface area contributed by atoms with Gasteiger partial charge in [-0.15, -0.1) is 11.3 Å². The monoisotopic (exact) mass is 632 g/mol. The fourth-order valence-corrected chi connectivity index (χ4v) is 8.06. The third kappa shape index (κ3) is 3.71. The summed E-state index contributed by atoms with van der Waals surface area (Å²) >= 11 is 20.6. The minimum absolute atomic E-state index is 0.0132. The van der Waals surface area contributed by atoms with Crippen LogP contribution in [0.2, 0.25) is 10.0 Å². The SMILES string of the molecule is O=C(CN(C(=O)c1ccc(Cl)c(Cl)c1)N1C(=O)[C@@H]2[C@H]3C[C@@H]([C@H](Br)[C@@H]3Br)[C@@H]2C1=O)c1cccs1. The van der Waals surface area contributed by atoms with Gasteiger partial charge < -0.3 is 0 Å². The number of hydrogen-bond acceptors (Lipinski definition) is 5. The van der Waals surface area contributed by atoms with E-state index in [9.17, 15) is 19.2 Å². The highest BCUT2D eigenvalue weighted by Gasteiger charge is 2.67. The fourth-order valence-electron chi connectivity index (χ4n) is 5.23. The molecule has 2 saturated carbocycles. The lowest BCUT2D eigenvalue weighted by molar-refractivity contribution is -0.154. The summed E-state index contributed by atoms with van der Waals surface area (Å²) in [5, 5.41) is 4.04. The van der Waals surface area contributed by atoms with Crippen molar-refractivity contribution in [1.29, 1.82) is 0 Å². The molecule has 1 aliphatic heterocycles. The Morgan fingerprint density at radius 1 is 1.03 bits per heavy atom. The molecule has 33 heavy (non-hydrogen) atoms. The summed E-state index contributed by atoms with van der Waals surface area (Å²) < 4.78 is 0. The Morgan fingerprint density at radius 3 is 2.21 bits per heavy atom. The first-order valence-corrected chi connectivity index (χ1v) is 13.7. The van der Waals surface area contributed by atoms with Gasteiger partial charge >= 0.3 is 0 Å². The number of fused-ring (bicyclic) bond motifs is 5. The number of Topliss-reactive ketones (excluding diaryl/α,β-unsaturated/α-hetero) is 1. The van der Waals surface area contributed by atoms with Gasteiger partial charge in [-0.3, -0.25) is 19.2 Å². The molecule has 0 radical (unpaired) electrons. The molecule has 2 bridgehead atoms. The van der Waals surface area contributed by atoms with Crippen LogP contribution in [0.15, 0.2) is 35.7 Å². The number of hydrazine groups is 1. The Morgan fingerprint density at radius 2 is 1.67 bits per heavy atom. The van der Waals surface area contributed by atoms with Crippen molar-refractivity contribution in [3.8, 4) is 0 Å². The van der Waals surface area contributed by atoms with E-state index in [1.54, 1.807) is 17.5 Å². The molecule has 2 aromatic rings. The van der Waals surface area contributed by atoms with Gasteiger partial charge in [0, 0.05) is 15.2 Å². The molecule has 5 rings (SSSR count). The molecule has 1 aromatic carbocycles. The molecule has 0 N–H and O–H groups in total. The lowest BCUT2D eigenvalue weighted by atomic mass is 9.81. The van der Waals surface area contributed by atoms with E-state index in [0.717, 1.165) is 16.4 Å². The summed E-state index contributed by atoms with van der Waals surface area (Å²) in [5.41, 5.74) is 0.126. The second-order valence-corrected chi connectivity index (χ2v) is 12.3.